The number of thioether (sulfide) groups is 1. The van der Waals surface area contributed by atoms with E-state index in [4.69, 9.17) is 14.0 Å². The van der Waals surface area contributed by atoms with E-state index >= 15 is 0 Å². The van der Waals surface area contributed by atoms with Crippen LogP contribution in [0.2, 0.25) is 0 Å². The van der Waals surface area contributed by atoms with Crippen molar-refractivity contribution in [3.63, 3.8) is 0 Å². The molecule has 2 heterocycles. The van der Waals surface area contributed by atoms with Gasteiger partial charge in [0.05, 0.1) is 18.6 Å². The van der Waals surface area contributed by atoms with E-state index in [0.717, 1.165) is 0 Å². The van der Waals surface area contributed by atoms with Gasteiger partial charge in [-0.3, -0.25) is 14.9 Å². The van der Waals surface area contributed by atoms with Gasteiger partial charge in [0.1, 0.15) is 11.5 Å². The van der Waals surface area contributed by atoms with Crippen LogP contribution in [-0.4, -0.2) is 29.5 Å². The van der Waals surface area contributed by atoms with Gasteiger partial charge >= 0.3 is 6.18 Å². The number of imide groups is 1. The van der Waals surface area contributed by atoms with Gasteiger partial charge in [0.2, 0.25) is 0 Å². The number of amides is 2. The summed E-state index contributed by atoms with van der Waals surface area (Å²) in [5.41, 5.74) is -0.429. The number of aromatic nitrogens is 1. The van der Waals surface area contributed by atoms with Crippen LogP contribution in [0.3, 0.4) is 0 Å². The van der Waals surface area contributed by atoms with Crippen molar-refractivity contribution < 1.29 is 41.1 Å². The number of aryl methyl sites for hydroxylation is 1. The molecule has 1 aliphatic heterocycles. The first-order valence-corrected chi connectivity index (χ1v) is 12.0. The Morgan fingerprint density at radius 3 is 2.53 bits per heavy atom. The highest BCUT2D eigenvalue weighted by molar-refractivity contribution is 8.15. The minimum atomic E-state index is -4.61. The number of rotatable bonds is 10. The molecule has 0 saturated carbocycles. The van der Waals surface area contributed by atoms with Gasteiger partial charge in [-0.2, -0.15) is 13.2 Å². The van der Waals surface area contributed by atoms with E-state index in [-0.39, 0.29) is 34.9 Å². The molecule has 3 aromatic rings. The average molecular weight is 527 g/mol. The summed E-state index contributed by atoms with van der Waals surface area (Å²) in [7, 11) is 0. The third-order valence-electron chi connectivity index (χ3n) is 5.48. The number of carbonyl (C=O) groups excluding carboxylic acids is 2. The van der Waals surface area contributed by atoms with E-state index < -0.39 is 28.0 Å². The van der Waals surface area contributed by atoms with E-state index in [1.807, 2.05) is 12.2 Å². The number of fused-ring (bicyclic) bond motifs is 1. The molecule has 1 N–H and O–H groups in total. The van der Waals surface area contributed by atoms with Crippen LogP contribution in [0.15, 0.2) is 40.9 Å². The molecule has 1 aromatic heterocycles. The minimum Gasteiger partial charge on any atom is -0.494 e. The van der Waals surface area contributed by atoms with E-state index in [1.165, 1.54) is 30.3 Å². The predicted octanol–water partition coefficient (Wildman–Crippen LogP) is 6.14. The summed E-state index contributed by atoms with van der Waals surface area (Å²) in [6, 6.07) is 8.72. The van der Waals surface area contributed by atoms with Crippen molar-refractivity contribution in [2.75, 3.05) is 13.2 Å². The number of unbranched alkanes of at least 4 members (excludes halogenated alkanes) is 1. The summed E-state index contributed by atoms with van der Waals surface area (Å²) in [6.07, 6.45) is -2.31. The van der Waals surface area contributed by atoms with Gasteiger partial charge < -0.3 is 14.0 Å². The number of hydrogen-bond donors (Lipinski definition) is 1. The number of halogens is 4. The lowest BCUT2D eigenvalue weighted by atomic mass is 10.0. The smallest absolute Gasteiger partial charge is 0.437 e. The molecule has 1 unspecified atom stereocenters. The number of nitrogens with zero attached hydrogens (tertiary/aromatic N) is 1. The standard InChI is InChI=1S/C24H22F4N2O5S/c1-2-6-16-18(10-9-17-19(16)35-30-20(17)24(26,27)28)34-12-4-3-11-33-15-8-5-7-14(13-15)23(25)21(31)29-22(32)36-23/h5,7-10,13H,2-4,6,11-12H2,1H3,(H,29,31,32). The van der Waals surface area contributed by atoms with E-state index in [2.05, 4.69) is 5.16 Å². The van der Waals surface area contributed by atoms with Gasteiger partial charge in [-0.15, -0.1) is 0 Å². The number of ether oxygens (including phenoxy) is 2. The second-order valence-corrected chi connectivity index (χ2v) is 9.21. The van der Waals surface area contributed by atoms with Crippen LogP contribution in [0.5, 0.6) is 11.5 Å². The largest absolute Gasteiger partial charge is 0.494 e. The number of alkyl halides is 4. The second kappa shape index (κ2) is 10.4. The van der Waals surface area contributed by atoms with Crippen molar-refractivity contribution >= 4 is 33.9 Å². The quantitative estimate of drug-likeness (QED) is 0.251. The summed E-state index contributed by atoms with van der Waals surface area (Å²) < 4.78 is 70.9. The van der Waals surface area contributed by atoms with Crippen LogP contribution in [0, 0.1) is 0 Å². The lowest BCUT2D eigenvalue weighted by molar-refractivity contribution is -0.141. The van der Waals surface area contributed by atoms with E-state index in [0.29, 0.717) is 49.4 Å². The summed E-state index contributed by atoms with van der Waals surface area (Å²) in [5, 5.41) is 1.80. The molecule has 4 rings (SSSR count). The second-order valence-electron chi connectivity index (χ2n) is 8.07. The Kier molecular flexibility index (Phi) is 7.43. The van der Waals surface area contributed by atoms with Crippen LogP contribution in [0.4, 0.5) is 22.4 Å². The first-order valence-electron chi connectivity index (χ1n) is 11.2. The minimum absolute atomic E-state index is 0.0108. The Morgan fingerprint density at radius 2 is 1.86 bits per heavy atom. The molecule has 1 fully saturated rings. The Hall–Kier alpha value is -3.28. The summed E-state index contributed by atoms with van der Waals surface area (Å²) in [5.74, 6) is -0.231. The number of benzene rings is 2. The fraction of sp³-hybridized carbons (Fsp3) is 0.375. The fourth-order valence-corrected chi connectivity index (χ4v) is 4.58. The Bertz CT molecular complexity index is 1280. The lowest BCUT2D eigenvalue weighted by Crippen LogP contribution is -2.30. The molecular formula is C24H22F4N2O5S. The van der Waals surface area contributed by atoms with Crippen molar-refractivity contribution in [1.29, 1.82) is 0 Å². The Balaban J connectivity index is 1.31. The van der Waals surface area contributed by atoms with Crippen molar-refractivity contribution in [2.45, 2.75) is 43.8 Å². The highest BCUT2D eigenvalue weighted by atomic mass is 32.2. The normalized spacial score (nSPS) is 18.0. The molecule has 12 heteroatoms. The topological polar surface area (TPSA) is 90.7 Å². The summed E-state index contributed by atoms with van der Waals surface area (Å²) >= 11 is 0.274. The molecule has 1 aliphatic rings. The predicted molar refractivity (Wildman–Crippen MR) is 124 cm³/mol. The van der Waals surface area contributed by atoms with Crippen LogP contribution in [-0.2, 0) is 22.4 Å². The van der Waals surface area contributed by atoms with Gasteiger partial charge in [0.15, 0.2) is 11.3 Å². The van der Waals surface area contributed by atoms with Crippen molar-refractivity contribution in [2.24, 2.45) is 0 Å². The maximum atomic E-state index is 15.0. The average Bonchev–Trinajstić information content (AvgIpc) is 3.38. The molecule has 0 aliphatic carbocycles. The SMILES string of the molecule is CCCc1c(OCCCCOc2cccc(C3(F)SC(=O)NC3=O)c2)ccc2c(C(F)(F)F)noc12. The van der Waals surface area contributed by atoms with Gasteiger partial charge in [-0.05, 0) is 55.3 Å². The zero-order chi connectivity index (χ0) is 25.9. The highest BCUT2D eigenvalue weighted by Gasteiger charge is 2.50. The van der Waals surface area contributed by atoms with Gasteiger partial charge in [-0.25, -0.2) is 4.39 Å². The monoisotopic (exact) mass is 526 g/mol. The van der Waals surface area contributed by atoms with E-state index in [9.17, 15) is 27.2 Å². The van der Waals surface area contributed by atoms with Crippen molar-refractivity contribution in [3.05, 3.63) is 53.2 Å². The highest BCUT2D eigenvalue weighted by Crippen LogP contribution is 2.43. The summed E-state index contributed by atoms with van der Waals surface area (Å²) in [6.45, 7) is 2.47. The number of hydrogen-bond acceptors (Lipinski definition) is 7. The third-order valence-corrected chi connectivity index (χ3v) is 6.47. The summed E-state index contributed by atoms with van der Waals surface area (Å²) in [4.78, 5) is 23.2. The zero-order valence-corrected chi connectivity index (χ0v) is 19.9. The van der Waals surface area contributed by atoms with Gasteiger partial charge in [0, 0.05) is 11.1 Å². The van der Waals surface area contributed by atoms with Crippen LogP contribution >= 0.6 is 11.8 Å². The molecule has 2 aromatic carbocycles. The van der Waals surface area contributed by atoms with Crippen LogP contribution in [0.1, 0.15) is 43.0 Å². The number of carbonyl (C=O) groups is 2. The van der Waals surface area contributed by atoms with Crippen LogP contribution in [0.25, 0.3) is 11.0 Å². The fourth-order valence-electron chi connectivity index (χ4n) is 3.79. The van der Waals surface area contributed by atoms with Crippen LogP contribution < -0.4 is 14.8 Å². The van der Waals surface area contributed by atoms with Gasteiger partial charge in [0.25, 0.3) is 16.1 Å². The first-order chi connectivity index (χ1) is 17.1. The molecule has 36 heavy (non-hydrogen) atoms. The van der Waals surface area contributed by atoms with Gasteiger partial charge in [-0.1, -0.05) is 30.6 Å². The molecule has 2 amide bonds. The Morgan fingerprint density at radius 1 is 1.11 bits per heavy atom. The molecule has 0 bridgehead atoms. The molecule has 192 valence electrons. The van der Waals surface area contributed by atoms with E-state index in [1.54, 1.807) is 6.07 Å². The maximum absolute atomic E-state index is 15.0. The molecule has 1 saturated heterocycles. The van der Waals surface area contributed by atoms with Crippen molar-refractivity contribution in [1.82, 2.24) is 10.5 Å². The third kappa shape index (κ3) is 5.28. The number of nitrogens with one attached hydrogen (secondary N) is 1. The molecular weight excluding hydrogens is 504 g/mol. The molecule has 0 spiro atoms. The first kappa shape index (κ1) is 25.8. The molecule has 0 radical (unpaired) electrons. The Labute approximate surface area is 207 Å². The van der Waals surface area contributed by atoms with Crippen molar-refractivity contribution in [3.8, 4) is 11.5 Å². The molecule has 1 atom stereocenters. The zero-order valence-electron chi connectivity index (χ0n) is 19.1. The molecule has 7 nitrogen and oxygen atoms in total. The lowest BCUT2D eigenvalue weighted by Gasteiger charge is -2.16. The maximum Gasteiger partial charge on any atom is 0.437 e.